The molecule has 0 fully saturated rings. The Labute approximate surface area is 115 Å². The molecular weight excluding hydrogens is 282 g/mol. The number of phenolic OH excluding ortho intramolecular Hbond substituents is 1. The quantitative estimate of drug-likeness (QED) is 0.786. The predicted octanol–water partition coefficient (Wildman–Crippen LogP) is 1.22. The van der Waals surface area contributed by atoms with Gasteiger partial charge in [-0.25, -0.2) is 8.42 Å². The third kappa shape index (κ3) is 2.59. The molecule has 0 aromatic heterocycles. The maximum absolute atomic E-state index is 12.2. The van der Waals surface area contributed by atoms with E-state index in [4.69, 9.17) is 5.11 Å². The number of rotatable bonds is 4. The van der Waals surface area contributed by atoms with Crippen LogP contribution in [0.5, 0.6) is 5.75 Å². The van der Waals surface area contributed by atoms with E-state index in [-0.39, 0.29) is 10.6 Å². The van der Waals surface area contributed by atoms with Crippen molar-refractivity contribution in [3.05, 3.63) is 35.9 Å². The number of sulfonamides is 1. The molecule has 0 radical (unpaired) electrons. The van der Waals surface area contributed by atoms with E-state index < -0.39 is 22.5 Å². The molecule has 0 bridgehead atoms. The summed E-state index contributed by atoms with van der Waals surface area (Å²) in [6.45, 7) is 0.884. The Morgan fingerprint density at radius 1 is 1.25 bits per heavy atom. The van der Waals surface area contributed by atoms with E-state index in [1.165, 1.54) is 6.07 Å². The molecule has 2 rings (SSSR count). The lowest BCUT2D eigenvalue weighted by molar-refractivity contribution is -0.135. The van der Waals surface area contributed by atoms with E-state index in [9.17, 15) is 18.3 Å². The van der Waals surface area contributed by atoms with Crippen molar-refractivity contribution < 1.29 is 23.4 Å². The third-order valence-corrected chi connectivity index (χ3v) is 4.31. The maximum Gasteiger partial charge on any atom is 0.318 e. The summed E-state index contributed by atoms with van der Waals surface area (Å²) in [6.07, 6.45) is 0. The molecular formula is C13H13NO5S. The van der Waals surface area contributed by atoms with E-state index in [0.29, 0.717) is 16.3 Å². The number of carboxylic acid groups (broad SMARTS) is 1. The summed E-state index contributed by atoms with van der Waals surface area (Å²) < 4.78 is 26.3. The summed E-state index contributed by atoms with van der Waals surface area (Å²) in [4.78, 5) is 10.4. The van der Waals surface area contributed by atoms with Crippen molar-refractivity contribution in [2.24, 2.45) is 0 Å². The van der Waals surface area contributed by atoms with Gasteiger partial charge in [-0.2, -0.15) is 4.72 Å². The van der Waals surface area contributed by atoms with Gasteiger partial charge in [-0.1, -0.05) is 24.3 Å². The van der Waals surface area contributed by atoms with Crippen molar-refractivity contribution in [3.8, 4) is 5.75 Å². The van der Waals surface area contributed by atoms with Crippen molar-refractivity contribution in [3.63, 3.8) is 0 Å². The molecule has 6 nitrogen and oxygen atoms in total. The zero-order chi connectivity index (χ0) is 14.9. The number of phenols is 1. The minimum atomic E-state index is -3.96. The van der Waals surface area contributed by atoms with E-state index >= 15 is 0 Å². The molecule has 3 N–H and O–H groups in total. The Hall–Kier alpha value is -2.12. The zero-order valence-electron chi connectivity index (χ0n) is 10.6. The van der Waals surface area contributed by atoms with Gasteiger partial charge in [-0.15, -0.1) is 0 Å². The van der Waals surface area contributed by atoms with Crippen LogP contribution in [0.2, 0.25) is 0 Å². The summed E-state index contributed by atoms with van der Waals surface area (Å²) in [5, 5.41) is 19.3. The highest BCUT2D eigenvalue weighted by Crippen LogP contribution is 2.33. The Balaban J connectivity index is 2.66. The number of aliphatic carboxylic acids is 1. The number of nitrogens with one attached hydrogen (secondary N) is 1. The van der Waals surface area contributed by atoms with Gasteiger partial charge in [0.15, 0.2) is 0 Å². The number of aromatic hydroxyl groups is 1. The third-order valence-electron chi connectivity index (χ3n) is 2.87. The van der Waals surface area contributed by atoms with Gasteiger partial charge in [-0.3, -0.25) is 4.79 Å². The monoisotopic (exact) mass is 295 g/mol. The average molecular weight is 295 g/mol. The van der Waals surface area contributed by atoms with Crippen molar-refractivity contribution in [1.82, 2.24) is 4.72 Å². The molecule has 0 heterocycles. The van der Waals surface area contributed by atoms with Gasteiger partial charge in [0, 0.05) is 10.8 Å². The highest BCUT2D eigenvalue weighted by atomic mass is 32.2. The maximum atomic E-state index is 12.2. The van der Waals surface area contributed by atoms with Crippen LogP contribution < -0.4 is 4.72 Å². The highest BCUT2D eigenvalue weighted by molar-refractivity contribution is 7.89. The second kappa shape index (κ2) is 5.10. The molecule has 106 valence electrons. The molecule has 0 aliphatic rings. The SMILES string of the molecule is Cc1cc(S(=O)(=O)NCC(=O)O)c2ccccc2c1O. The number of fused-ring (bicyclic) bond motifs is 1. The van der Waals surface area contributed by atoms with Crippen molar-refractivity contribution in [1.29, 1.82) is 0 Å². The van der Waals surface area contributed by atoms with E-state index in [2.05, 4.69) is 0 Å². The number of hydrogen-bond acceptors (Lipinski definition) is 4. The first kappa shape index (κ1) is 14.3. The van der Waals surface area contributed by atoms with Gasteiger partial charge >= 0.3 is 5.97 Å². The minimum Gasteiger partial charge on any atom is -0.507 e. The molecule has 0 saturated carbocycles. The lowest BCUT2D eigenvalue weighted by Gasteiger charge is -2.11. The molecule has 0 spiro atoms. The molecule has 0 unspecified atom stereocenters. The average Bonchev–Trinajstić information content (AvgIpc) is 2.40. The van der Waals surface area contributed by atoms with Gasteiger partial charge in [0.25, 0.3) is 0 Å². The van der Waals surface area contributed by atoms with E-state index in [0.717, 1.165) is 0 Å². The fraction of sp³-hybridized carbons (Fsp3) is 0.154. The Bertz CT molecular complexity index is 783. The predicted molar refractivity (Wildman–Crippen MR) is 73.2 cm³/mol. The van der Waals surface area contributed by atoms with Crippen molar-refractivity contribution in [2.75, 3.05) is 6.54 Å². The number of benzene rings is 2. The van der Waals surface area contributed by atoms with Crippen LogP contribution in [0.25, 0.3) is 10.8 Å². The van der Waals surface area contributed by atoms with Crippen LogP contribution in [0.3, 0.4) is 0 Å². The van der Waals surface area contributed by atoms with Gasteiger partial charge in [0.2, 0.25) is 10.0 Å². The van der Waals surface area contributed by atoms with Crippen LogP contribution in [-0.2, 0) is 14.8 Å². The van der Waals surface area contributed by atoms with Gasteiger partial charge in [0.05, 0.1) is 4.90 Å². The molecule has 0 saturated heterocycles. The summed E-state index contributed by atoms with van der Waals surface area (Å²) >= 11 is 0. The zero-order valence-corrected chi connectivity index (χ0v) is 11.4. The Kier molecular flexibility index (Phi) is 3.65. The van der Waals surface area contributed by atoms with E-state index in [1.807, 2.05) is 4.72 Å². The van der Waals surface area contributed by atoms with Crippen LogP contribution in [0.4, 0.5) is 0 Å². The Morgan fingerprint density at radius 3 is 2.45 bits per heavy atom. The van der Waals surface area contributed by atoms with Gasteiger partial charge in [-0.05, 0) is 18.6 Å². The van der Waals surface area contributed by atoms with Crippen molar-refractivity contribution in [2.45, 2.75) is 11.8 Å². The lowest BCUT2D eigenvalue weighted by Crippen LogP contribution is -2.29. The van der Waals surface area contributed by atoms with Crippen LogP contribution in [0.1, 0.15) is 5.56 Å². The number of hydrogen-bond donors (Lipinski definition) is 3. The van der Waals surface area contributed by atoms with E-state index in [1.54, 1.807) is 31.2 Å². The van der Waals surface area contributed by atoms with Crippen LogP contribution in [0, 0.1) is 6.92 Å². The fourth-order valence-electron chi connectivity index (χ4n) is 1.92. The minimum absolute atomic E-state index is 0.0118. The molecule has 2 aromatic rings. The first-order valence-corrected chi connectivity index (χ1v) is 7.24. The number of carboxylic acids is 1. The number of aryl methyl sites for hydroxylation is 1. The molecule has 0 amide bonds. The largest absolute Gasteiger partial charge is 0.507 e. The molecule has 0 atom stereocenters. The first-order chi connectivity index (χ1) is 9.33. The summed E-state index contributed by atoms with van der Waals surface area (Å²) in [6, 6.07) is 7.81. The molecule has 7 heteroatoms. The molecule has 0 aliphatic heterocycles. The summed E-state index contributed by atoms with van der Waals surface area (Å²) in [5.41, 5.74) is 0.402. The summed E-state index contributed by atoms with van der Waals surface area (Å²) in [5.74, 6) is -1.26. The van der Waals surface area contributed by atoms with Crippen molar-refractivity contribution >= 4 is 26.8 Å². The topological polar surface area (TPSA) is 104 Å². The van der Waals surface area contributed by atoms with Crippen LogP contribution in [-0.4, -0.2) is 31.1 Å². The van der Waals surface area contributed by atoms with Crippen LogP contribution in [0.15, 0.2) is 35.2 Å². The van der Waals surface area contributed by atoms with Gasteiger partial charge in [0.1, 0.15) is 12.3 Å². The second-order valence-corrected chi connectivity index (χ2v) is 6.04. The standard InChI is InChI=1S/C13H13NO5S/c1-8-6-11(20(18,19)14-7-12(15)16)9-4-2-3-5-10(9)13(8)17/h2-6,14,17H,7H2,1H3,(H,15,16). The fourth-order valence-corrected chi connectivity index (χ4v) is 3.18. The first-order valence-electron chi connectivity index (χ1n) is 5.75. The molecule has 2 aromatic carbocycles. The second-order valence-electron chi connectivity index (χ2n) is 4.30. The normalized spacial score (nSPS) is 11.7. The Morgan fingerprint density at radius 2 is 1.85 bits per heavy atom. The molecule has 20 heavy (non-hydrogen) atoms. The molecule has 0 aliphatic carbocycles. The smallest absolute Gasteiger partial charge is 0.318 e. The van der Waals surface area contributed by atoms with Gasteiger partial charge < -0.3 is 10.2 Å². The summed E-state index contributed by atoms with van der Waals surface area (Å²) in [7, 11) is -3.96. The number of carbonyl (C=O) groups is 1. The lowest BCUT2D eigenvalue weighted by atomic mass is 10.1. The van der Waals surface area contributed by atoms with Crippen LogP contribution >= 0.6 is 0 Å². The highest BCUT2D eigenvalue weighted by Gasteiger charge is 2.20.